The fourth-order valence-electron chi connectivity index (χ4n) is 2.09. The molecule has 0 aliphatic heterocycles. The lowest BCUT2D eigenvalue weighted by atomic mass is 9.94. The molecule has 1 amide bonds. The van der Waals surface area contributed by atoms with E-state index in [-0.39, 0.29) is 11.6 Å². The predicted molar refractivity (Wildman–Crippen MR) is 64.4 cm³/mol. The Bertz CT molecular complexity index is 495. The molecule has 1 aromatic heterocycles. The molecule has 0 saturated heterocycles. The van der Waals surface area contributed by atoms with Gasteiger partial charge in [0.1, 0.15) is 11.4 Å². The van der Waals surface area contributed by atoms with Crippen molar-refractivity contribution < 1.29 is 14.1 Å². The van der Waals surface area contributed by atoms with Gasteiger partial charge in [-0.25, -0.2) is 4.79 Å². The molecule has 6 nitrogen and oxygen atoms in total. The summed E-state index contributed by atoms with van der Waals surface area (Å²) in [4.78, 5) is 23.3. The highest BCUT2D eigenvalue weighted by Crippen LogP contribution is 2.27. The number of rotatable bonds is 1. The third-order valence-electron chi connectivity index (χ3n) is 2.75. The molecule has 0 unspecified atom stereocenters. The van der Waals surface area contributed by atoms with Crippen LogP contribution in [0.1, 0.15) is 51.0 Å². The second-order valence-electron chi connectivity index (χ2n) is 5.46. The number of carbonyl (C=O) groups excluding carboxylic acids is 1. The average Bonchev–Trinajstić information content (AvgIpc) is 2.58. The van der Waals surface area contributed by atoms with Crippen LogP contribution in [0.15, 0.2) is 9.32 Å². The Balaban J connectivity index is 2.10. The van der Waals surface area contributed by atoms with Gasteiger partial charge in [-0.15, -0.1) is 0 Å². The Morgan fingerprint density at radius 1 is 1.50 bits per heavy atom. The van der Waals surface area contributed by atoms with Crippen LogP contribution in [0, 0.1) is 0 Å². The summed E-state index contributed by atoms with van der Waals surface area (Å²) in [6, 6.07) is -0.328. The summed E-state index contributed by atoms with van der Waals surface area (Å²) in [7, 11) is 0. The quantitative estimate of drug-likeness (QED) is 0.801. The van der Waals surface area contributed by atoms with Gasteiger partial charge in [0.05, 0.1) is 11.6 Å². The number of nitrogens with one attached hydrogen (secondary N) is 2. The molecular weight excluding hydrogens is 236 g/mol. The monoisotopic (exact) mass is 254 g/mol. The number of fused-ring (bicyclic) bond motifs is 1. The van der Waals surface area contributed by atoms with Crippen molar-refractivity contribution in [3.8, 4) is 0 Å². The predicted octanol–water partition coefficient (Wildman–Crippen LogP) is 1.87. The summed E-state index contributed by atoms with van der Waals surface area (Å²) in [5, 5.41) is 5.03. The molecule has 1 atom stereocenters. The summed E-state index contributed by atoms with van der Waals surface area (Å²) in [6.07, 6.45) is 1.80. The first-order valence-corrected chi connectivity index (χ1v) is 6.06. The van der Waals surface area contributed by atoms with E-state index in [9.17, 15) is 9.59 Å². The number of H-pyrrole nitrogens is 1. The van der Waals surface area contributed by atoms with Crippen molar-refractivity contribution in [1.29, 1.82) is 0 Å². The van der Waals surface area contributed by atoms with Gasteiger partial charge in [-0.2, -0.15) is 5.16 Å². The van der Waals surface area contributed by atoms with E-state index in [1.807, 2.05) is 0 Å². The van der Waals surface area contributed by atoms with E-state index in [1.165, 1.54) is 0 Å². The molecule has 1 heterocycles. The first-order valence-electron chi connectivity index (χ1n) is 6.06. The van der Waals surface area contributed by atoms with Gasteiger partial charge in [-0.05, 0) is 33.6 Å². The van der Waals surface area contributed by atoms with Crippen LogP contribution in [0.2, 0.25) is 0 Å². The first-order chi connectivity index (χ1) is 8.37. The third kappa shape index (κ3) is 2.75. The van der Waals surface area contributed by atoms with Crippen LogP contribution < -0.4 is 10.9 Å². The molecule has 1 aromatic rings. The van der Waals surface area contributed by atoms with Crippen LogP contribution >= 0.6 is 0 Å². The fourth-order valence-corrected chi connectivity index (χ4v) is 2.09. The number of alkyl carbamates (subject to hydrolysis) is 1. The Hall–Kier alpha value is -1.72. The average molecular weight is 254 g/mol. The Kier molecular flexibility index (Phi) is 3.19. The van der Waals surface area contributed by atoms with Crippen molar-refractivity contribution in [1.82, 2.24) is 10.5 Å². The van der Waals surface area contributed by atoms with Crippen LogP contribution in [-0.4, -0.2) is 16.9 Å². The number of ether oxygens (including phenoxy) is 1. The first kappa shape index (κ1) is 12.7. The molecule has 1 aliphatic rings. The van der Waals surface area contributed by atoms with Gasteiger partial charge in [0, 0.05) is 6.42 Å². The minimum absolute atomic E-state index is 0.272. The van der Waals surface area contributed by atoms with E-state index in [0.29, 0.717) is 11.3 Å². The van der Waals surface area contributed by atoms with E-state index in [0.717, 1.165) is 19.3 Å². The molecular formula is C12H18N2O4. The maximum atomic E-state index is 11.7. The van der Waals surface area contributed by atoms with Gasteiger partial charge in [0.2, 0.25) is 0 Å². The zero-order valence-corrected chi connectivity index (χ0v) is 10.8. The molecule has 0 spiro atoms. The second kappa shape index (κ2) is 4.51. The van der Waals surface area contributed by atoms with Crippen LogP contribution in [0.25, 0.3) is 0 Å². The summed E-state index contributed by atoms with van der Waals surface area (Å²) in [6.45, 7) is 5.39. The van der Waals surface area contributed by atoms with Crippen LogP contribution in [0.5, 0.6) is 0 Å². The molecule has 1 aliphatic carbocycles. The van der Waals surface area contributed by atoms with E-state index in [4.69, 9.17) is 9.26 Å². The van der Waals surface area contributed by atoms with Gasteiger partial charge in [-0.1, -0.05) is 0 Å². The Morgan fingerprint density at radius 3 is 2.89 bits per heavy atom. The molecule has 100 valence electrons. The minimum atomic E-state index is -0.551. The molecule has 0 aromatic carbocycles. The molecule has 6 heteroatoms. The van der Waals surface area contributed by atoms with Crippen LogP contribution in [0.4, 0.5) is 4.79 Å². The highest BCUT2D eigenvalue weighted by atomic mass is 16.6. The van der Waals surface area contributed by atoms with Crippen molar-refractivity contribution in [2.75, 3.05) is 0 Å². The number of amides is 1. The second-order valence-corrected chi connectivity index (χ2v) is 5.46. The number of aromatic amines is 1. The van der Waals surface area contributed by atoms with Crippen molar-refractivity contribution in [3.63, 3.8) is 0 Å². The zero-order valence-electron chi connectivity index (χ0n) is 10.8. The maximum absolute atomic E-state index is 11.7. The molecule has 0 radical (unpaired) electrons. The maximum Gasteiger partial charge on any atom is 0.408 e. The van der Waals surface area contributed by atoms with Crippen molar-refractivity contribution in [2.45, 2.75) is 51.7 Å². The minimum Gasteiger partial charge on any atom is -0.444 e. The number of carbonyl (C=O) groups is 1. The number of hydrogen-bond acceptors (Lipinski definition) is 4. The standard InChI is InChI=1S/C12H18N2O4/c1-12(2,3)17-11(16)13-7-5-4-6-8-9(7)10(15)14-18-8/h7H,4-6H2,1-3H3,(H,13,16)(H,14,15)/t7-/m1/s1. The van der Waals surface area contributed by atoms with Gasteiger partial charge >= 0.3 is 6.09 Å². The molecule has 0 saturated carbocycles. The van der Waals surface area contributed by atoms with E-state index in [1.54, 1.807) is 20.8 Å². The van der Waals surface area contributed by atoms with E-state index < -0.39 is 11.7 Å². The number of hydrogen-bond donors (Lipinski definition) is 2. The van der Waals surface area contributed by atoms with Gasteiger partial charge in [-0.3, -0.25) is 4.79 Å². The molecule has 18 heavy (non-hydrogen) atoms. The molecule has 2 N–H and O–H groups in total. The van der Waals surface area contributed by atoms with Gasteiger partial charge < -0.3 is 14.6 Å². The number of aromatic nitrogens is 1. The Morgan fingerprint density at radius 2 is 2.22 bits per heavy atom. The highest BCUT2D eigenvalue weighted by Gasteiger charge is 2.29. The largest absolute Gasteiger partial charge is 0.444 e. The van der Waals surface area contributed by atoms with E-state index in [2.05, 4.69) is 10.5 Å². The molecule has 0 bridgehead atoms. The normalized spacial score (nSPS) is 19.2. The number of aryl methyl sites for hydroxylation is 1. The molecule has 2 rings (SSSR count). The van der Waals surface area contributed by atoms with Crippen LogP contribution in [-0.2, 0) is 11.2 Å². The summed E-state index contributed by atoms with van der Waals surface area (Å²) >= 11 is 0. The lowest BCUT2D eigenvalue weighted by Gasteiger charge is -2.24. The van der Waals surface area contributed by atoms with Gasteiger partial charge in [0.15, 0.2) is 0 Å². The highest BCUT2D eigenvalue weighted by molar-refractivity contribution is 5.68. The van der Waals surface area contributed by atoms with E-state index >= 15 is 0 Å². The summed E-state index contributed by atoms with van der Waals surface area (Å²) in [5.41, 5.74) is -0.303. The SMILES string of the molecule is CC(C)(C)OC(=O)N[C@@H]1CCCc2o[nH]c(=O)c21. The van der Waals surface area contributed by atoms with Gasteiger partial charge in [0.25, 0.3) is 5.56 Å². The lowest BCUT2D eigenvalue weighted by molar-refractivity contribution is 0.0498. The van der Waals surface area contributed by atoms with Crippen molar-refractivity contribution in [2.24, 2.45) is 0 Å². The fraction of sp³-hybridized carbons (Fsp3) is 0.667. The summed E-state index contributed by atoms with van der Waals surface area (Å²) in [5.74, 6) is 0.632. The van der Waals surface area contributed by atoms with Crippen molar-refractivity contribution >= 4 is 6.09 Å². The van der Waals surface area contributed by atoms with Crippen molar-refractivity contribution in [3.05, 3.63) is 21.7 Å². The smallest absolute Gasteiger partial charge is 0.408 e. The third-order valence-corrected chi connectivity index (χ3v) is 2.75. The zero-order chi connectivity index (χ0) is 13.3. The summed E-state index contributed by atoms with van der Waals surface area (Å²) < 4.78 is 10.2. The lowest BCUT2D eigenvalue weighted by Crippen LogP contribution is -2.37. The topological polar surface area (TPSA) is 84.3 Å². The molecule has 0 fully saturated rings. The van der Waals surface area contributed by atoms with Crippen LogP contribution in [0.3, 0.4) is 0 Å². The Labute approximate surface area is 105 Å².